The van der Waals surface area contributed by atoms with Crippen molar-refractivity contribution in [2.24, 2.45) is 5.92 Å². The second-order valence-electron chi connectivity index (χ2n) is 4.64. The highest BCUT2D eigenvalue weighted by molar-refractivity contribution is 9.10. The van der Waals surface area contributed by atoms with Crippen molar-refractivity contribution in [3.8, 4) is 5.75 Å². The summed E-state index contributed by atoms with van der Waals surface area (Å²) in [5.41, 5.74) is 0.703. The molecule has 0 aliphatic carbocycles. The van der Waals surface area contributed by atoms with Crippen LogP contribution in [0.5, 0.6) is 5.75 Å². The number of fused-ring (bicyclic) bond motifs is 1. The third-order valence-corrected chi connectivity index (χ3v) is 3.18. The number of hydrogen-bond donors (Lipinski definition) is 0. The fourth-order valence-electron chi connectivity index (χ4n) is 2.02. The number of halogens is 1. The minimum atomic E-state index is 0.0428. The van der Waals surface area contributed by atoms with Crippen LogP contribution in [-0.2, 0) is 0 Å². The Labute approximate surface area is 104 Å². The number of Topliss-reactive ketones (excluding diaryl/α,β-unsaturated/α-hetero) is 1. The third kappa shape index (κ3) is 2.46. The van der Waals surface area contributed by atoms with Gasteiger partial charge in [0.15, 0.2) is 5.78 Å². The molecule has 0 unspecified atom stereocenters. The van der Waals surface area contributed by atoms with E-state index in [-0.39, 0.29) is 11.9 Å². The van der Waals surface area contributed by atoms with Crippen LogP contribution in [0.25, 0.3) is 0 Å². The topological polar surface area (TPSA) is 26.3 Å². The summed E-state index contributed by atoms with van der Waals surface area (Å²) < 4.78 is 6.75. The zero-order valence-corrected chi connectivity index (χ0v) is 11.1. The molecule has 1 aliphatic heterocycles. The maximum atomic E-state index is 11.9. The second-order valence-corrected chi connectivity index (χ2v) is 5.55. The van der Waals surface area contributed by atoms with Crippen molar-refractivity contribution >= 4 is 21.7 Å². The summed E-state index contributed by atoms with van der Waals surface area (Å²) in [4.78, 5) is 11.9. The fourth-order valence-corrected chi connectivity index (χ4v) is 2.38. The summed E-state index contributed by atoms with van der Waals surface area (Å²) >= 11 is 3.37. The van der Waals surface area contributed by atoms with E-state index in [1.54, 1.807) is 0 Å². The van der Waals surface area contributed by atoms with Crippen molar-refractivity contribution in [1.29, 1.82) is 0 Å². The highest BCUT2D eigenvalue weighted by atomic mass is 79.9. The molecule has 1 heterocycles. The molecule has 16 heavy (non-hydrogen) atoms. The highest BCUT2D eigenvalue weighted by Gasteiger charge is 2.26. The Morgan fingerprint density at radius 1 is 1.50 bits per heavy atom. The van der Waals surface area contributed by atoms with Gasteiger partial charge in [-0.05, 0) is 30.5 Å². The van der Waals surface area contributed by atoms with Gasteiger partial charge in [0.05, 0.1) is 5.56 Å². The number of ether oxygens (including phenoxy) is 1. The third-order valence-electron chi connectivity index (χ3n) is 2.68. The lowest BCUT2D eigenvalue weighted by Crippen LogP contribution is -2.28. The van der Waals surface area contributed by atoms with Crippen LogP contribution in [0.1, 0.15) is 37.0 Å². The minimum absolute atomic E-state index is 0.0428. The summed E-state index contributed by atoms with van der Waals surface area (Å²) in [5, 5.41) is 0. The molecule has 1 aromatic carbocycles. The van der Waals surface area contributed by atoms with Gasteiger partial charge in [-0.15, -0.1) is 0 Å². The summed E-state index contributed by atoms with van der Waals surface area (Å²) in [6.07, 6.45) is 1.48. The van der Waals surface area contributed by atoms with Gasteiger partial charge in [-0.25, -0.2) is 0 Å². The first-order valence-electron chi connectivity index (χ1n) is 5.55. The van der Waals surface area contributed by atoms with Gasteiger partial charge in [-0.2, -0.15) is 0 Å². The van der Waals surface area contributed by atoms with E-state index in [9.17, 15) is 4.79 Å². The van der Waals surface area contributed by atoms with Gasteiger partial charge in [0.25, 0.3) is 0 Å². The lowest BCUT2D eigenvalue weighted by atomic mass is 9.95. The molecule has 0 bridgehead atoms. The van der Waals surface area contributed by atoms with Gasteiger partial charge in [-0.1, -0.05) is 29.8 Å². The molecule has 0 N–H and O–H groups in total. The first kappa shape index (κ1) is 11.6. The van der Waals surface area contributed by atoms with Crippen molar-refractivity contribution in [2.45, 2.75) is 32.8 Å². The molecule has 0 saturated heterocycles. The van der Waals surface area contributed by atoms with Gasteiger partial charge in [0.2, 0.25) is 0 Å². The first-order valence-corrected chi connectivity index (χ1v) is 6.35. The summed E-state index contributed by atoms with van der Waals surface area (Å²) in [6.45, 7) is 4.29. The maximum absolute atomic E-state index is 11.9. The predicted molar refractivity (Wildman–Crippen MR) is 67.0 cm³/mol. The lowest BCUT2D eigenvalue weighted by molar-refractivity contribution is 0.0820. The summed E-state index contributed by atoms with van der Waals surface area (Å²) in [5.74, 6) is 1.47. The highest BCUT2D eigenvalue weighted by Crippen LogP contribution is 2.31. The van der Waals surface area contributed by atoms with Gasteiger partial charge in [0, 0.05) is 10.9 Å². The number of benzene rings is 1. The molecule has 2 rings (SSSR count). The average Bonchev–Trinajstić information content (AvgIpc) is 2.18. The molecule has 0 saturated carbocycles. The van der Waals surface area contributed by atoms with E-state index in [0.29, 0.717) is 17.9 Å². The van der Waals surface area contributed by atoms with Crippen LogP contribution in [0.4, 0.5) is 0 Å². The van der Waals surface area contributed by atoms with Crippen molar-refractivity contribution in [3.05, 3.63) is 28.2 Å². The van der Waals surface area contributed by atoms with E-state index in [1.165, 1.54) is 0 Å². The fraction of sp³-hybridized carbons (Fsp3) is 0.462. The van der Waals surface area contributed by atoms with Crippen molar-refractivity contribution in [2.75, 3.05) is 0 Å². The Kier molecular flexibility index (Phi) is 3.33. The molecule has 0 radical (unpaired) electrons. The molecule has 0 aromatic heterocycles. The predicted octanol–water partition coefficient (Wildman–Crippen LogP) is 3.83. The van der Waals surface area contributed by atoms with E-state index in [2.05, 4.69) is 29.8 Å². The number of rotatable bonds is 2. The van der Waals surface area contributed by atoms with E-state index in [0.717, 1.165) is 16.6 Å². The van der Waals surface area contributed by atoms with E-state index >= 15 is 0 Å². The average molecular weight is 283 g/mol. The van der Waals surface area contributed by atoms with Crippen molar-refractivity contribution in [3.63, 3.8) is 0 Å². The lowest BCUT2D eigenvalue weighted by Gasteiger charge is -2.26. The normalized spacial score (nSPS) is 19.5. The van der Waals surface area contributed by atoms with Crippen molar-refractivity contribution in [1.82, 2.24) is 0 Å². The first-order chi connectivity index (χ1) is 7.56. The number of ketones is 1. The van der Waals surface area contributed by atoms with Crippen LogP contribution in [0.2, 0.25) is 0 Å². The Morgan fingerprint density at radius 3 is 2.94 bits per heavy atom. The van der Waals surface area contributed by atoms with E-state index in [4.69, 9.17) is 4.74 Å². The molecule has 3 heteroatoms. The quantitative estimate of drug-likeness (QED) is 0.824. The van der Waals surface area contributed by atoms with Gasteiger partial charge < -0.3 is 4.74 Å². The molecular weight excluding hydrogens is 268 g/mol. The van der Waals surface area contributed by atoms with Crippen molar-refractivity contribution < 1.29 is 9.53 Å². The van der Waals surface area contributed by atoms with Crippen LogP contribution < -0.4 is 4.74 Å². The van der Waals surface area contributed by atoms with Crippen LogP contribution in [-0.4, -0.2) is 11.9 Å². The van der Waals surface area contributed by atoms with Crippen LogP contribution in [0, 0.1) is 5.92 Å². The standard InChI is InChI=1S/C13H15BrO2/c1-8(2)5-10-7-12(15)11-6-9(14)3-4-13(11)16-10/h3-4,6,8,10H,5,7H2,1-2H3/t10-/m1/s1. The SMILES string of the molecule is CC(C)C[C@@H]1CC(=O)c2cc(Br)ccc2O1. The summed E-state index contributed by atoms with van der Waals surface area (Å²) in [7, 11) is 0. The van der Waals surface area contributed by atoms with Gasteiger partial charge >= 0.3 is 0 Å². The molecule has 0 fully saturated rings. The number of hydrogen-bond acceptors (Lipinski definition) is 2. The Morgan fingerprint density at radius 2 is 2.25 bits per heavy atom. The van der Waals surface area contributed by atoms with Crippen LogP contribution >= 0.6 is 15.9 Å². The smallest absolute Gasteiger partial charge is 0.170 e. The zero-order valence-electron chi connectivity index (χ0n) is 9.50. The molecule has 1 aromatic rings. The minimum Gasteiger partial charge on any atom is -0.489 e. The largest absolute Gasteiger partial charge is 0.489 e. The van der Waals surface area contributed by atoms with E-state index < -0.39 is 0 Å². The molecule has 0 amide bonds. The van der Waals surface area contributed by atoms with Crippen LogP contribution in [0.3, 0.4) is 0 Å². The molecule has 2 nitrogen and oxygen atoms in total. The molecule has 1 aliphatic rings. The number of carbonyl (C=O) groups is 1. The maximum Gasteiger partial charge on any atom is 0.170 e. The molecule has 0 spiro atoms. The molecule has 1 atom stereocenters. The van der Waals surface area contributed by atoms with Crippen LogP contribution in [0.15, 0.2) is 22.7 Å². The Balaban J connectivity index is 2.23. The summed E-state index contributed by atoms with van der Waals surface area (Å²) in [6, 6.07) is 5.61. The number of carbonyl (C=O) groups excluding carboxylic acids is 1. The van der Waals surface area contributed by atoms with Gasteiger partial charge in [-0.3, -0.25) is 4.79 Å². The van der Waals surface area contributed by atoms with E-state index in [1.807, 2.05) is 18.2 Å². The van der Waals surface area contributed by atoms with Gasteiger partial charge in [0.1, 0.15) is 11.9 Å². The zero-order chi connectivity index (χ0) is 11.7. The Hall–Kier alpha value is -0.830. The molecule has 86 valence electrons. The second kappa shape index (κ2) is 4.58. The Bertz CT molecular complexity index is 412. The monoisotopic (exact) mass is 282 g/mol. The molecular formula is C13H15BrO2.